The Morgan fingerprint density at radius 3 is 2.62 bits per heavy atom. The lowest BCUT2D eigenvalue weighted by Crippen LogP contribution is -2.15. The molecule has 0 spiro atoms. The quantitative estimate of drug-likeness (QED) is 0.762. The molecule has 0 aliphatic heterocycles. The van der Waals surface area contributed by atoms with Crippen molar-refractivity contribution in [1.29, 1.82) is 0 Å². The van der Waals surface area contributed by atoms with Crippen LogP contribution < -0.4 is 11.1 Å². The summed E-state index contributed by atoms with van der Waals surface area (Å²) in [6.07, 6.45) is 4.98. The number of anilines is 2. The van der Waals surface area contributed by atoms with Crippen LogP contribution in [0.15, 0.2) is 48.9 Å². The van der Waals surface area contributed by atoms with Crippen molar-refractivity contribution in [1.82, 2.24) is 15.0 Å². The molecule has 6 heteroatoms. The smallest absolute Gasteiger partial charge is 0.230 e. The fourth-order valence-electron chi connectivity index (χ4n) is 1.95. The van der Waals surface area contributed by atoms with Crippen molar-refractivity contribution >= 4 is 28.3 Å². The molecule has 1 aromatic carbocycles. The Balaban J connectivity index is 1.72. The van der Waals surface area contributed by atoms with Crippen LogP contribution in [0.5, 0.6) is 0 Å². The molecule has 0 saturated heterocycles. The van der Waals surface area contributed by atoms with E-state index in [1.54, 1.807) is 36.7 Å². The van der Waals surface area contributed by atoms with Gasteiger partial charge in [-0.25, -0.2) is 0 Å². The van der Waals surface area contributed by atoms with Crippen molar-refractivity contribution in [3.05, 3.63) is 54.6 Å². The van der Waals surface area contributed by atoms with Gasteiger partial charge in [-0.2, -0.15) is 0 Å². The first kappa shape index (κ1) is 13.0. The van der Waals surface area contributed by atoms with Crippen LogP contribution in [0.25, 0.3) is 11.0 Å². The summed E-state index contributed by atoms with van der Waals surface area (Å²) in [5.74, 6) is -0.143. The second kappa shape index (κ2) is 5.54. The molecular formula is C15H13N5O. The number of nitrogens with zero attached hydrogens (tertiary/aromatic N) is 3. The summed E-state index contributed by atoms with van der Waals surface area (Å²) in [4.78, 5) is 24.5. The summed E-state index contributed by atoms with van der Waals surface area (Å²) in [7, 11) is 0. The maximum Gasteiger partial charge on any atom is 0.230 e. The standard InChI is InChI=1S/C15H13N5O/c16-10-1-2-11(19-9-10)8-15(21)20-12-3-4-13-14(7-12)18-6-5-17-13/h1-7,9H,8,16H2,(H,20,21). The van der Waals surface area contributed by atoms with E-state index in [-0.39, 0.29) is 12.3 Å². The van der Waals surface area contributed by atoms with Crippen LogP contribution in [0.1, 0.15) is 5.69 Å². The number of carbonyl (C=O) groups excluding carboxylic acids is 1. The van der Waals surface area contributed by atoms with Gasteiger partial charge in [-0.15, -0.1) is 0 Å². The molecule has 0 saturated carbocycles. The summed E-state index contributed by atoms with van der Waals surface area (Å²) in [5, 5.41) is 2.82. The number of fused-ring (bicyclic) bond motifs is 1. The normalized spacial score (nSPS) is 10.5. The summed E-state index contributed by atoms with van der Waals surface area (Å²) >= 11 is 0. The minimum atomic E-state index is -0.143. The minimum Gasteiger partial charge on any atom is -0.397 e. The Kier molecular flexibility index (Phi) is 3.42. The van der Waals surface area contributed by atoms with Crippen LogP contribution in [0.3, 0.4) is 0 Å². The molecule has 0 unspecified atom stereocenters. The van der Waals surface area contributed by atoms with Crippen molar-refractivity contribution in [2.24, 2.45) is 0 Å². The molecule has 0 aliphatic carbocycles. The molecule has 0 bridgehead atoms. The lowest BCUT2D eigenvalue weighted by Gasteiger charge is -2.06. The van der Waals surface area contributed by atoms with E-state index in [1.165, 1.54) is 6.20 Å². The van der Waals surface area contributed by atoms with Crippen molar-refractivity contribution < 1.29 is 4.79 Å². The first-order chi connectivity index (χ1) is 10.2. The highest BCUT2D eigenvalue weighted by atomic mass is 16.1. The zero-order chi connectivity index (χ0) is 14.7. The van der Waals surface area contributed by atoms with Crippen LogP contribution in [0.4, 0.5) is 11.4 Å². The van der Waals surface area contributed by atoms with Gasteiger partial charge in [-0.3, -0.25) is 19.7 Å². The SMILES string of the molecule is Nc1ccc(CC(=O)Nc2ccc3nccnc3c2)nc1. The number of amides is 1. The van der Waals surface area contributed by atoms with E-state index in [4.69, 9.17) is 5.73 Å². The predicted molar refractivity (Wildman–Crippen MR) is 80.5 cm³/mol. The van der Waals surface area contributed by atoms with Gasteiger partial charge in [0.15, 0.2) is 0 Å². The molecule has 2 heterocycles. The first-order valence-electron chi connectivity index (χ1n) is 6.42. The maximum absolute atomic E-state index is 12.0. The molecule has 2 aromatic heterocycles. The zero-order valence-corrected chi connectivity index (χ0v) is 11.2. The number of rotatable bonds is 3. The maximum atomic E-state index is 12.0. The van der Waals surface area contributed by atoms with Crippen molar-refractivity contribution in [2.45, 2.75) is 6.42 Å². The van der Waals surface area contributed by atoms with E-state index in [0.717, 1.165) is 11.0 Å². The highest BCUT2D eigenvalue weighted by molar-refractivity contribution is 5.93. The average Bonchev–Trinajstić information content (AvgIpc) is 2.49. The fraction of sp³-hybridized carbons (Fsp3) is 0.0667. The number of nitrogens with one attached hydrogen (secondary N) is 1. The van der Waals surface area contributed by atoms with E-state index in [0.29, 0.717) is 17.1 Å². The Morgan fingerprint density at radius 1 is 1.05 bits per heavy atom. The van der Waals surface area contributed by atoms with Crippen LogP contribution in [-0.2, 0) is 11.2 Å². The molecule has 3 rings (SSSR count). The zero-order valence-electron chi connectivity index (χ0n) is 11.2. The lowest BCUT2D eigenvalue weighted by molar-refractivity contribution is -0.115. The fourth-order valence-corrected chi connectivity index (χ4v) is 1.95. The number of hydrogen-bond acceptors (Lipinski definition) is 5. The second-order valence-corrected chi connectivity index (χ2v) is 4.57. The number of nitrogens with two attached hydrogens (primary N) is 1. The van der Waals surface area contributed by atoms with E-state index in [1.807, 2.05) is 6.07 Å². The summed E-state index contributed by atoms with van der Waals surface area (Å²) in [6.45, 7) is 0. The van der Waals surface area contributed by atoms with Crippen molar-refractivity contribution in [2.75, 3.05) is 11.1 Å². The molecule has 0 radical (unpaired) electrons. The molecule has 0 fully saturated rings. The number of nitrogen functional groups attached to an aromatic ring is 1. The Bertz CT molecular complexity index is 785. The van der Waals surface area contributed by atoms with Gasteiger partial charge < -0.3 is 11.1 Å². The predicted octanol–water partition coefficient (Wildman–Crippen LogP) is 1.79. The van der Waals surface area contributed by atoms with Gasteiger partial charge in [-0.1, -0.05) is 0 Å². The number of benzene rings is 1. The molecule has 3 N–H and O–H groups in total. The minimum absolute atomic E-state index is 0.143. The highest BCUT2D eigenvalue weighted by Gasteiger charge is 2.06. The number of hydrogen-bond donors (Lipinski definition) is 2. The first-order valence-corrected chi connectivity index (χ1v) is 6.42. The van der Waals surface area contributed by atoms with Gasteiger partial charge in [-0.05, 0) is 30.3 Å². The molecule has 1 amide bonds. The third-order valence-electron chi connectivity index (χ3n) is 2.94. The van der Waals surface area contributed by atoms with E-state index >= 15 is 0 Å². The number of pyridine rings is 1. The third kappa shape index (κ3) is 3.11. The monoisotopic (exact) mass is 279 g/mol. The van der Waals surface area contributed by atoms with Crippen LogP contribution in [-0.4, -0.2) is 20.9 Å². The number of carbonyl (C=O) groups is 1. The van der Waals surface area contributed by atoms with Gasteiger partial charge in [0.2, 0.25) is 5.91 Å². The van der Waals surface area contributed by atoms with Crippen molar-refractivity contribution in [3.8, 4) is 0 Å². The summed E-state index contributed by atoms with van der Waals surface area (Å²) < 4.78 is 0. The van der Waals surface area contributed by atoms with Gasteiger partial charge in [0, 0.05) is 23.8 Å². The molecule has 0 aliphatic rings. The van der Waals surface area contributed by atoms with Crippen LogP contribution in [0, 0.1) is 0 Å². The molecule has 104 valence electrons. The molecule has 3 aromatic rings. The van der Waals surface area contributed by atoms with E-state index in [9.17, 15) is 4.79 Å². The van der Waals surface area contributed by atoms with Gasteiger partial charge in [0.1, 0.15) is 0 Å². The largest absolute Gasteiger partial charge is 0.397 e. The Morgan fingerprint density at radius 2 is 1.86 bits per heavy atom. The number of aromatic nitrogens is 3. The molecule has 21 heavy (non-hydrogen) atoms. The van der Waals surface area contributed by atoms with Gasteiger partial charge in [0.05, 0.1) is 29.3 Å². The molecular weight excluding hydrogens is 266 g/mol. The summed E-state index contributed by atoms with van der Waals surface area (Å²) in [5.41, 5.74) is 9.01. The van der Waals surface area contributed by atoms with Gasteiger partial charge in [0.25, 0.3) is 0 Å². The second-order valence-electron chi connectivity index (χ2n) is 4.57. The van der Waals surface area contributed by atoms with E-state index in [2.05, 4.69) is 20.3 Å². The van der Waals surface area contributed by atoms with Crippen LogP contribution in [0.2, 0.25) is 0 Å². The topological polar surface area (TPSA) is 93.8 Å². The van der Waals surface area contributed by atoms with Crippen LogP contribution >= 0.6 is 0 Å². The third-order valence-corrected chi connectivity index (χ3v) is 2.94. The Labute approximate surface area is 121 Å². The average molecular weight is 279 g/mol. The van der Waals surface area contributed by atoms with Crippen molar-refractivity contribution in [3.63, 3.8) is 0 Å². The molecule has 0 atom stereocenters. The lowest BCUT2D eigenvalue weighted by atomic mass is 10.2. The summed E-state index contributed by atoms with van der Waals surface area (Å²) in [6, 6.07) is 8.86. The molecule has 6 nitrogen and oxygen atoms in total. The van der Waals surface area contributed by atoms with Gasteiger partial charge >= 0.3 is 0 Å². The van der Waals surface area contributed by atoms with E-state index < -0.39 is 0 Å². The Hall–Kier alpha value is -3.02. The highest BCUT2D eigenvalue weighted by Crippen LogP contribution is 2.15.